The van der Waals surface area contributed by atoms with Gasteiger partial charge in [-0.25, -0.2) is 4.98 Å². The molecule has 0 saturated heterocycles. The monoisotopic (exact) mass is 591 g/mol. The van der Waals surface area contributed by atoms with Gasteiger partial charge in [0, 0.05) is 40.1 Å². The van der Waals surface area contributed by atoms with Crippen LogP contribution in [0.2, 0.25) is 0 Å². The van der Waals surface area contributed by atoms with E-state index in [1.807, 2.05) is 54.7 Å². The second-order valence-electron chi connectivity index (χ2n) is 13.6. The number of hydrogen-bond acceptors (Lipinski definition) is 4. The van der Waals surface area contributed by atoms with Gasteiger partial charge in [-0.05, 0) is 53.4 Å². The first-order valence-electron chi connectivity index (χ1n) is 15.4. The Morgan fingerprint density at radius 1 is 0.600 bits per heavy atom. The van der Waals surface area contributed by atoms with E-state index in [2.05, 4.69) is 107 Å². The molecule has 0 spiro atoms. The minimum atomic E-state index is -0.174. The van der Waals surface area contributed by atoms with Crippen LogP contribution in [-0.4, -0.2) is 24.5 Å². The summed E-state index contributed by atoms with van der Waals surface area (Å²) in [4.78, 5) is 6.52. The highest BCUT2D eigenvalue weighted by atomic mass is 16.5. The van der Waals surface area contributed by atoms with Crippen LogP contribution in [0.1, 0.15) is 52.8 Å². The van der Waals surface area contributed by atoms with Crippen LogP contribution < -0.4 is 4.74 Å². The highest BCUT2D eigenvalue weighted by Crippen LogP contribution is 2.36. The third kappa shape index (κ3) is 5.37. The molecule has 0 amide bonds. The summed E-state index contributed by atoms with van der Waals surface area (Å²) in [5.41, 5.74) is 6.94. The topological polar surface area (TPSA) is 57.8 Å². The van der Waals surface area contributed by atoms with Crippen molar-refractivity contribution in [2.24, 2.45) is 0 Å². The fourth-order valence-electron chi connectivity index (χ4n) is 5.79. The summed E-state index contributed by atoms with van der Waals surface area (Å²) < 4.78 is 8.73. The van der Waals surface area contributed by atoms with Crippen LogP contribution in [0.4, 0.5) is 0 Å². The number of hydrogen-bond donors (Lipinski definition) is 0. The molecule has 45 heavy (non-hydrogen) atoms. The molecule has 7 aromatic rings. The SMILES string of the molecule is CC(C)(C)c1ccnc(-n2c3ccccc3c3ccc(Oc4cccc(-n5nc(-c6ccccc6)c(C(C)(C)C)n5)c4)cc32)c1. The second kappa shape index (κ2) is 10.7. The van der Waals surface area contributed by atoms with E-state index in [1.54, 1.807) is 4.80 Å². The maximum Gasteiger partial charge on any atom is 0.137 e. The zero-order valence-corrected chi connectivity index (χ0v) is 26.6. The van der Waals surface area contributed by atoms with E-state index in [0.717, 1.165) is 50.6 Å². The molecule has 4 aromatic carbocycles. The molecule has 0 aliphatic heterocycles. The summed E-state index contributed by atoms with van der Waals surface area (Å²) in [6.45, 7) is 13.2. The van der Waals surface area contributed by atoms with Crippen LogP contribution in [0, 0.1) is 0 Å². The lowest BCUT2D eigenvalue weighted by Crippen LogP contribution is -2.14. The van der Waals surface area contributed by atoms with Crippen molar-refractivity contribution in [1.29, 1.82) is 0 Å². The van der Waals surface area contributed by atoms with Crippen LogP contribution in [0.5, 0.6) is 11.5 Å². The van der Waals surface area contributed by atoms with Gasteiger partial charge >= 0.3 is 0 Å². The van der Waals surface area contributed by atoms with E-state index in [0.29, 0.717) is 5.75 Å². The lowest BCUT2D eigenvalue weighted by atomic mass is 9.88. The minimum absolute atomic E-state index is 0.00861. The van der Waals surface area contributed by atoms with E-state index in [9.17, 15) is 0 Å². The van der Waals surface area contributed by atoms with Gasteiger partial charge in [0.1, 0.15) is 23.0 Å². The lowest BCUT2D eigenvalue weighted by Gasteiger charge is -2.20. The minimum Gasteiger partial charge on any atom is -0.457 e. The number of pyridine rings is 1. The van der Waals surface area contributed by atoms with Gasteiger partial charge in [-0.15, -0.1) is 5.10 Å². The van der Waals surface area contributed by atoms with E-state index in [-0.39, 0.29) is 10.8 Å². The quantitative estimate of drug-likeness (QED) is 0.200. The van der Waals surface area contributed by atoms with Crippen LogP contribution in [0.15, 0.2) is 115 Å². The maximum absolute atomic E-state index is 6.50. The predicted octanol–water partition coefficient (Wildman–Crippen LogP) is 9.81. The fourth-order valence-corrected chi connectivity index (χ4v) is 5.79. The number of rotatable bonds is 5. The molecule has 3 heterocycles. The Bertz CT molecular complexity index is 2160. The van der Waals surface area contributed by atoms with Gasteiger partial charge < -0.3 is 4.74 Å². The summed E-state index contributed by atoms with van der Waals surface area (Å²) >= 11 is 0. The van der Waals surface area contributed by atoms with Crippen molar-refractivity contribution in [3.63, 3.8) is 0 Å². The molecule has 3 aromatic heterocycles. The van der Waals surface area contributed by atoms with Gasteiger partial charge in [0.15, 0.2) is 0 Å². The summed E-state index contributed by atoms with van der Waals surface area (Å²) in [5, 5.41) is 12.2. The number of fused-ring (bicyclic) bond motifs is 3. The summed E-state index contributed by atoms with van der Waals surface area (Å²) in [5.74, 6) is 2.34. The van der Waals surface area contributed by atoms with Crippen molar-refractivity contribution in [2.75, 3.05) is 0 Å². The smallest absolute Gasteiger partial charge is 0.137 e. The van der Waals surface area contributed by atoms with Crippen LogP contribution in [-0.2, 0) is 10.8 Å². The Hall–Kier alpha value is -5.23. The third-order valence-corrected chi connectivity index (χ3v) is 8.14. The zero-order chi connectivity index (χ0) is 31.3. The number of para-hydroxylation sites is 1. The van der Waals surface area contributed by atoms with Crippen molar-refractivity contribution in [3.05, 3.63) is 127 Å². The molecule has 0 saturated carbocycles. The lowest BCUT2D eigenvalue weighted by molar-refractivity contribution is 0.482. The van der Waals surface area contributed by atoms with Crippen molar-refractivity contribution in [2.45, 2.75) is 52.4 Å². The van der Waals surface area contributed by atoms with Gasteiger partial charge in [0.05, 0.1) is 22.4 Å². The highest BCUT2D eigenvalue weighted by Gasteiger charge is 2.25. The summed E-state index contributed by atoms with van der Waals surface area (Å²) in [6, 6.07) is 37.2. The molecule has 224 valence electrons. The van der Waals surface area contributed by atoms with Crippen molar-refractivity contribution in [3.8, 4) is 34.3 Å². The normalized spacial score (nSPS) is 12.2. The Morgan fingerprint density at radius 2 is 1.33 bits per heavy atom. The highest BCUT2D eigenvalue weighted by molar-refractivity contribution is 6.09. The van der Waals surface area contributed by atoms with E-state index >= 15 is 0 Å². The molecule has 7 rings (SSSR count). The first-order valence-corrected chi connectivity index (χ1v) is 15.4. The average Bonchev–Trinajstić information content (AvgIpc) is 3.62. The van der Waals surface area contributed by atoms with Gasteiger partial charge in [-0.2, -0.15) is 9.90 Å². The first kappa shape index (κ1) is 28.5. The molecule has 0 aliphatic carbocycles. The molecule has 0 N–H and O–H groups in total. The predicted molar refractivity (Wildman–Crippen MR) is 183 cm³/mol. The van der Waals surface area contributed by atoms with Gasteiger partial charge in [0.25, 0.3) is 0 Å². The number of nitrogens with zero attached hydrogens (tertiary/aromatic N) is 5. The van der Waals surface area contributed by atoms with Gasteiger partial charge in [-0.1, -0.05) is 96.1 Å². The fraction of sp³-hybridized carbons (Fsp3) is 0.205. The van der Waals surface area contributed by atoms with Gasteiger partial charge in [-0.3, -0.25) is 4.57 Å². The van der Waals surface area contributed by atoms with Crippen LogP contribution in [0.3, 0.4) is 0 Å². The molecule has 0 fully saturated rings. The van der Waals surface area contributed by atoms with Gasteiger partial charge in [0.2, 0.25) is 0 Å². The Labute approximate surface area is 263 Å². The number of aromatic nitrogens is 5. The van der Waals surface area contributed by atoms with Crippen molar-refractivity contribution in [1.82, 2.24) is 24.5 Å². The van der Waals surface area contributed by atoms with E-state index in [1.165, 1.54) is 10.9 Å². The van der Waals surface area contributed by atoms with Crippen LogP contribution in [0.25, 0.3) is 44.6 Å². The Kier molecular flexibility index (Phi) is 6.81. The Morgan fingerprint density at radius 3 is 2.11 bits per heavy atom. The molecule has 0 aliphatic rings. The van der Waals surface area contributed by atoms with E-state index in [4.69, 9.17) is 19.9 Å². The van der Waals surface area contributed by atoms with Crippen molar-refractivity contribution >= 4 is 21.8 Å². The summed E-state index contributed by atoms with van der Waals surface area (Å²) in [6.07, 6.45) is 1.90. The summed E-state index contributed by atoms with van der Waals surface area (Å²) in [7, 11) is 0. The maximum atomic E-state index is 6.50. The zero-order valence-electron chi connectivity index (χ0n) is 26.6. The number of benzene rings is 4. The molecule has 0 unspecified atom stereocenters. The van der Waals surface area contributed by atoms with E-state index < -0.39 is 0 Å². The Balaban J connectivity index is 1.29. The standard InChI is InChI=1S/C39H37N5O/c1-38(2,3)27-21-22-40-35(23-27)43-33-18-11-10-17-31(33)32-20-19-30(25-34(32)43)45-29-16-12-15-28(24-29)44-41-36(26-13-8-7-9-14-26)37(42-44)39(4,5)6/h7-25H,1-6H3. The molecular formula is C39H37N5O. The third-order valence-electron chi connectivity index (χ3n) is 8.14. The molecule has 0 atom stereocenters. The van der Waals surface area contributed by atoms with Crippen LogP contribution >= 0.6 is 0 Å². The molecule has 6 heteroatoms. The number of ether oxygens (including phenoxy) is 1. The second-order valence-corrected chi connectivity index (χ2v) is 13.6. The average molecular weight is 592 g/mol. The van der Waals surface area contributed by atoms with Crippen molar-refractivity contribution < 1.29 is 4.74 Å². The largest absolute Gasteiger partial charge is 0.457 e. The molecule has 0 bridgehead atoms. The first-order chi connectivity index (χ1) is 21.6. The molecule has 6 nitrogen and oxygen atoms in total. The molecular weight excluding hydrogens is 554 g/mol. The molecule has 0 radical (unpaired) electrons.